The van der Waals surface area contributed by atoms with E-state index in [1.165, 1.54) is 31.0 Å². The lowest BCUT2D eigenvalue weighted by molar-refractivity contribution is -0.123. The molecular weight excluding hydrogens is 443 g/mol. The van der Waals surface area contributed by atoms with E-state index in [0.717, 1.165) is 16.8 Å². The molecule has 0 aliphatic carbocycles. The smallest absolute Gasteiger partial charge is 0.269 e. The number of rotatable bonds is 5. The number of fused-ring (bicyclic) bond motifs is 2. The monoisotopic (exact) mass is 464 g/mol. The van der Waals surface area contributed by atoms with Crippen molar-refractivity contribution >= 4 is 35.0 Å². The second-order valence-electron chi connectivity index (χ2n) is 7.74. The van der Waals surface area contributed by atoms with Crippen LogP contribution in [-0.2, 0) is 21.0 Å². The molecule has 5 rings (SSSR count). The van der Waals surface area contributed by atoms with Gasteiger partial charge in [-0.1, -0.05) is 30.3 Å². The standard InChI is InChI=1S/C25H21FN2O4S/c1-31-21-12-11-18(13-22(21)32-2)28-23(29)15-33-25(28)19-5-3-4-6-20(19)27(24(25)30)14-16-7-9-17(26)10-8-16/h3-13H,14-15H2,1-2H3/t25-/m1/s1. The molecule has 1 spiro atoms. The van der Waals surface area contributed by atoms with Crippen molar-refractivity contribution in [2.75, 3.05) is 29.8 Å². The van der Waals surface area contributed by atoms with Crippen LogP contribution in [0.4, 0.5) is 15.8 Å². The molecule has 1 saturated heterocycles. The average molecular weight is 465 g/mol. The van der Waals surface area contributed by atoms with Crippen molar-refractivity contribution in [3.8, 4) is 11.5 Å². The molecule has 2 heterocycles. The highest BCUT2D eigenvalue weighted by Crippen LogP contribution is 2.56. The number of methoxy groups -OCH3 is 2. The number of hydrogen-bond acceptors (Lipinski definition) is 5. The summed E-state index contributed by atoms with van der Waals surface area (Å²) in [7, 11) is 3.07. The third kappa shape index (κ3) is 3.24. The zero-order valence-corrected chi connectivity index (χ0v) is 18.9. The van der Waals surface area contributed by atoms with Crippen molar-refractivity contribution < 1.29 is 23.5 Å². The van der Waals surface area contributed by atoms with Crippen LogP contribution in [0.25, 0.3) is 0 Å². The molecule has 0 bridgehead atoms. The topological polar surface area (TPSA) is 59.1 Å². The molecule has 1 fully saturated rings. The van der Waals surface area contributed by atoms with Crippen LogP contribution >= 0.6 is 11.8 Å². The van der Waals surface area contributed by atoms with Gasteiger partial charge in [0.2, 0.25) is 10.8 Å². The lowest BCUT2D eigenvalue weighted by Crippen LogP contribution is -2.49. The molecule has 1 atom stereocenters. The van der Waals surface area contributed by atoms with Gasteiger partial charge in [-0.2, -0.15) is 0 Å². The van der Waals surface area contributed by atoms with Crippen molar-refractivity contribution in [3.63, 3.8) is 0 Å². The molecule has 0 N–H and O–H groups in total. The summed E-state index contributed by atoms with van der Waals surface area (Å²) in [6, 6.07) is 18.8. The zero-order valence-electron chi connectivity index (χ0n) is 18.1. The average Bonchev–Trinajstić information content (AvgIpc) is 3.31. The Bertz CT molecular complexity index is 1250. The Balaban J connectivity index is 1.62. The third-order valence-corrected chi connectivity index (χ3v) is 7.33. The fourth-order valence-electron chi connectivity index (χ4n) is 4.45. The van der Waals surface area contributed by atoms with Crippen LogP contribution in [0.2, 0.25) is 0 Å². The van der Waals surface area contributed by atoms with Gasteiger partial charge in [-0.25, -0.2) is 4.39 Å². The second kappa shape index (κ2) is 8.12. The minimum atomic E-state index is -1.23. The Morgan fingerprint density at radius 1 is 0.970 bits per heavy atom. The second-order valence-corrected chi connectivity index (χ2v) is 8.90. The number of amides is 2. The zero-order chi connectivity index (χ0) is 23.2. The van der Waals surface area contributed by atoms with E-state index >= 15 is 0 Å². The van der Waals surface area contributed by atoms with Gasteiger partial charge in [-0.15, -0.1) is 11.8 Å². The lowest BCUT2D eigenvalue weighted by Gasteiger charge is -2.33. The van der Waals surface area contributed by atoms with Crippen LogP contribution in [0.1, 0.15) is 11.1 Å². The van der Waals surface area contributed by atoms with Gasteiger partial charge in [0.15, 0.2) is 11.5 Å². The quantitative estimate of drug-likeness (QED) is 0.563. The van der Waals surface area contributed by atoms with Crippen molar-refractivity contribution in [1.82, 2.24) is 0 Å². The highest BCUT2D eigenvalue weighted by atomic mass is 32.2. The molecule has 2 amide bonds. The summed E-state index contributed by atoms with van der Waals surface area (Å²) >= 11 is 1.31. The molecule has 33 heavy (non-hydrogen) atoms. The van der Waals surface area contributed by atoms with E-state index in [0.29, 0.717) is 17.2 Å². The van der Waals surface area contributed by atoms with Gasteiger partial charge in [-0.05, 0) is 35.9 Å². The van der Waals surface area contributed by atoms with Crippen LogP contribution in [0.15, 0.2) is 66.7 Å². The molecule has 3 aromatic rings. The maximum Gasteiger partial charge on any atom is 0.269 e. The van der Waals surface area contributed by atoms with Crippen molar-refractivity contribution in [1.29, 1.82) is 0 Å². The van der Waals surface area contributed by atoms with Gasteiger partial charge < -0.3 is 14.4 Å². The number of anilines is 2. The van der Waals surface area contributed by atoms with Gasteiger partial charge in [0.05, 0.1) is 32.2 Å². The largest absolute Gasteiger partial charge is 0.493 e. The number of nitrogens with zero attached hydrogens (tertiary/aromatic N) is 2. The van der Waals surface area contributed by atoms with Crippen molar-refractivity contribution in [2.45, 2.75) is 11.4 Å². The number of ether oxygens (including phenoxy) is 2. The Kier molecular flexibility index (Phi) is 5.25. The minimum Gasteiger partial charge on any atom is -0.493 e. The number of carbonyl (C=O) groups is 2. The van der Waals surface area contributed by atoms with Crippen LogP contribution in [0.3, 0.4) is 0 Å². The van der Waals surface area contributed by atoms with E-state index in [4.69, 9.17) is 9.47 Å². The summed E-state index contributed by atoms with van der Waals surface area (Å²) in [4.78, 5) is 29.2. The van der Waals surface area contributed by atoms with E-state index in [1.807, 2.05) is 24.3 Å². The molecule has 0 radical (unpaired) electrons. The highest BCUT2D eigenvalue weighted by molar-refractivity contribution is 8.02. The Morgan fingerprint density at radius 2 is 1.70 bits per heavy atom. The summed E-state index contributed by atoms with van der Waals surface area (Å²) in [5.41, 5.74) is 2.83. The SMILES string of the molecule is COc1ccc(N2C(=O)CS[C@]23C(=O)N(Cc2ccc(F)cc2)c2ccccc23)cc1OC. The molecule has 3 aromatic carbocycles. The number of hydrogen-bond donors (Lipinski definition) is 0. The summed E-state index contributed by atoms with van der Waals surface area (Å²) in [5, 5.41) is 0. The molecule has 0 unspecified atom stereocenters. The van der Waals surface area contributed by atoms with Crippen molar-refractivity contribution in [2.24, 2.45) is 0 Å². The van der Waals surface area contributed by atoms with Crippen LogP contribution < -0.4 is 19.3 Å². The van der Waals surface area contributed by atoms with Crippen LogP contribution in [-0.4, -0.2) is 31.8 Å². The normalized spacial score (nSPS) is 19.4. The minimum absolute atomic E-state index is 0.165. The third-order valence-electron chi connectivity index (χ3n) is 5.94. The van der Waals surface area contributed by atoms with Gasteiger partial charge in [0, 0.05) is 17.3 Å². The molecule has 8 heteroatoms. The Labute approximate surface area is 194 Å². The van der Waals surface area contributed by atoms with E-state index in [-0.39, 0.29) is 29.9 Å². The number of para-hydroxylation sites is 1. The fourth-order valence-corrected chi connectivity index (χ4v) is 5.81. The fraction of sp³-hybridized carbons (Fsp3) is 0.200. The van der Waals surface area contributed by atoms with Gasteiger partial charge in [0.1, 0.15) is 5.82 Å². The molecule has 2 aliphatic rings. The lowest BCUT2D eigenvalue weighted by atomic mass is 10.0. The number of benzene rings is 3. The summed E-state index contributed by atoms with van der Waals surface area (Å²) in [6.45, 7) is 0.270. The molecular formula is C25H21FN2O4S. The first-order valence-electron chi connectivity index (χ1n) is 10.3. The van der Waals surface area contributed by atoms with E-state index in [9.17, 15) is 14.0 Å². The van der Waals surface area contributed by atoms with E-state index < -0.39 is 4.87 Å². The van der Waals surface area contributed by atoms with E-state index in [2.05, 4.69) is 0 Å². The predicted octanol–water partition coefficient (Wildman–Crippen LogP) is 4.32. The maximum atomic E-state index is 14.0. The maximum absolute atomic E-state index is 14.0. The predicted molar refractivity (Wildman–Crippen MR) is 125 cm³/mol. The van der Waals surface area contributed by atoms with E-state index in [1.54, 1.807) is 47.2 Å². The summed E-state index contributed by atoms with van der Waals surface area (Å²) < 4.78 is 24.2. The van der Waals surface area contributed by atoms with Crippen molar-refractivity contribution in [3.05, 3.63) is 83.7 Å². The Morgan fingerprint density at radius 3 is 2.42 bits per heavy atom. The first kappa shape index (κ1) is 21.3. The molecule has 0 aromatic heterocycles. The molecule has 2 aliphatic heterocycles. The number of halogens is 1. The first-order chi connectivity index (χ1) is 16.0. The van der Waals surface area contributed by atoms with Gasteiger partial charge >= 0.3 is 0 Å². The molecule has 6 nitrogen and oxygen atoms in total. The van der Waals surface area contributed by atoms with Crippen LogP contribution in [0, 0.1) is 5.82 Å². The first-order valence-corrected chi connectivity index (χ1v) is 11.3. The van der Waals surface area contributed by atoms with Gasteiger partial charge in [-0.3, -0.25) is 14.5 Å². The number of carbonyl (C=O) groups excluding carboxylic acids is 2. The number of thioether (sulfide) groups is 1. The summed E-state index contributed by atoms with van der Waals surface area (Å²) in [6.07, 6.45) is 0. The highest BCUT2D eigenvalue weighted by Gasteiger charge is 2.61. The molecule has 0 saturated carbocycles. The Hall–Kier alpha value is -3.52. The molecule has 168 valence electrons. The van der Waals surface area contributed by atoms with Crippen LogP contribution in [0.5, 0.6) is 11.5 Å². The van der Waals surface area contributed by atoms with Gasteiger partial charge in [0.25, 0.3) is 5.91 Å². The summed E-state index contributed by atoms with van der Waals surface area (Å²) in [5.74, 6) is 0.457.